The Morgan fingerprint density at radius 2 is 1.68 bits per heavy atom. The molecule has 0 aliphatic heterocycles. The highest BCUT2D eigenvalue weighted by Gasteiger charge is 2.20. The van der Waals surface area contributed by atoms with E-state index in [2.05, 4.69) is 16.0 Å². The van der Waals surface area contributed by atoms with Gasteiger partial charge in [-0.15, -0.1) is 0 Å². The Balaban J connectivity index is 1.78. The molecule has 3 aromatic rings. The number of hydrazine groups is 1. The zero-order chi connectivity index (χ0) is 18.0. The maximum Gasteiger partial charge on any atom is 0.273 e. The van der Waals surface area contributed by atoms with Crippen LogP contribution in [0.25, 0.3) is 5.69 Å². The molecule has 0 bridgehead atoms. The number of aryl methyl sites for hydroxylation is 2. The number of furan rings is 1. The molecule has 2 heterocycles. The number of hydrogen-bond acceptors (Lipinski definition) is 4. The van der Waals surface area contributed by atoms with Gasteiger partial charge in [-0.3, -0.25) is 20.4 Å². The third-order valence-electron chi connectivity index (χ3n) is 3.91. The van der Waals surface area contributed by atoms with Crippen molar-refractivity contribution in [2.45, 2.75) is 20.8 Å². The standard InChI is InChI=1S/C18H18N4O3/c1-11-16(12(2)22(21-11)14-7-5-4-6-8-14)18(24)20-19-17(23)15-9-10-25-13(15)3/h4-10H,1-3H3,(H,19,23)(H,20,24). The lowest BCUT2D eigenvalue weighted by atomic mass is 10.2. The summed E-state index contributed by atoms with van der Waals surface area (Å²) in [5.74, 6) is -0.381. The monoisotopic (exact) mass is 338 g/mol. The van der Waals surface area contributed by atoms with Crippen LogP contribution in [0.15, 0.2) is 47.1 Å². The van der Waals surface area contributed by atoms with Crippen LogP contribution in [-0.4, -0.2) is 21.6 Å². The first-order valence-electron chi connectivity index (χ1n) is 7.75. The first kappa shape index (κ1) is 16.5. The van der Waals surface area contributed by atoms with Crippen molar-refractivity contribution in [1.82, 2.24) is 20.6 Å². The van der Waals surface area contributed by atoms with Gasteiger partial charge >= 0.3 is 0 Å². The number of amides is 2. The first-order valence-corrected chi connectivity index (χ1v) is 7.75. The molecule has 128 valence electrons. The van der Waals surface area contributed by atoms with Crippen LogP contribution >= 0.6 is 0 Å². The van der Waals surface area contributed by atoms with Gasteiger partial charge in [0.05, 0.1) is 34.5 Å². The molecule has 7 nitrogen and oxygen atoms in total. The molecule has 0 spiro atoms. The molecule has 0 saturated carbocycles. The van der Waals surface area contributed by atoms with Gasteiger partial charge in [0.2, 0.25) is 0 Å². The van der Waals surface area contributed by atoms with Gasteiger partial charge < -0.3 is 4.42 Å². The van der Waals surface area contributed by atoms with Gasteiger partial charge in [-0.05, 0) is 39.0 Å². The molecule has 0 unspecified atom stereocenters. The number of para-hydroxylation sites is 1. The van der Waals surface area contributed by atoms with Crippen molar-refractivity contribution in [2.24, 2.45) is 0 Å². The number of hydrogen-bond donors (Lipinski definition) is 2. The number of carbonyl (C=O) groups is 2. The van der Waals surface area contributed by atoms with Gasteiger partial charge in [0, 0.05) is 0 Å². The number of nitrogens with one attached hydrogen (secondary N) is 2. The summed E-state index contributed by atoms with van der Waals surface area (Å²) in [6.45, 7) is 5.24. The number of carbonyl (C=O) groups excluding carboxylic acids is 2. The number of aromatic nitrogens is 2. The number of benzene rings is 1. The minimum Gasteiger partial charge on any atom is -0.469 e. The van der Waals surface area contributed by atoms with Crippen LogP contribution < -0.4 is 10.9 Å². The minimum absolute atomic E-state index is 0.369. The third-order valence-corrected chi connectivity index (χ3v) is 3.91. The van der Waals surface area contributed by atoms with Crippen molar-refractivity contribution >= 4 is 11.8 Å². The maximum absolute atomic E-state index is 12.5. The molecule has 7 heteroatoms. The molecule has 0 radical (unpaired) electrons. The van der Waals surface area contributed by atoms with E-state index in [0.29, 0.717) is 28.3 Å². The summed E-state index contributed by atoms with van der Waals surface area (Å²) in [5.41, 5.74) is 7.74. The molecule has 25 heavy (non-hydrogen) atoms. The summed E-state index contributed by atoms with van der Waals surface area (Å²) in [6.07, 6.45) is 1.42. The van der Waals surface area contributed by atoms with E-state index in [9.17, 15) is 9.59 Å². The molecular formula is C18H18N4O3. The van der Waals surface area contributed by atoms with Crippen molar-refractivity contribution in [2.75, 3.05) is 0 Å². The second-order valence-corrected chi connectivity index (χ2v) is 5.59. The molecule has 0 atom stereocenters. The van der Waals surface area contributed by atoms with E-state index in [1.54, 1.807) is 24.6 Å². The summed E-state index contributed by atoms with van der Waals surface area (Å²) >= 11 is 0. The topological polar surface area (TPSA) is 89.2 Å². The van der Waals surface area contributed by atoms with Crippen LogP contribution in [0.5, 0.6) is 0 Å². The van der Waals surface area contributed by atoms with Crippen LogP contribution in [0.4, 0.5) is 0 Å². The molecule has 1 aromatic carbocycles. The average molecular weight is 338 g/mol. The smallest absolute Gasteiger partial charge is 0.273 e. The van der Waals surface area contributed by atoms with Crippen molar-refractivity contribution in [1.29, 1.82) is 0 Å². The van der Waals surface area contributed by atoms with E-state index >= 15 is 0 Å². The zero-order valence-electron chi connectivity index (χ0n) is 14.2. The van der Waals surface area contributed by atoms with Crippen molar-refractivity contribution < 1.29 is 14.0 Å². The second kappa shape index (κ2) is 6.64. The lowest BCUT2D eigenvalue weighted by Gasteiger charge is -2.08. The largest absolute Gasteiger partial charge is 0.469 e. The minimum atomic E-state index is -0.439. The van der Waals surface area contributed by atoms with E-state index in [4.69, 9.17) is 4.42 Å². The summed E-state index contributed by atoms with van der Waals surface area (Å²) in [6, 6.07) is 11.1. The molecular weight excluding hydrogens is 320 g/mol. The second-order valence-electron chi connectivity index (χ2n) is 5.59. The first-order chi connectivity index (χ1) is 12.0. The molecule has 0 aliphatic carbocycles. The predicted octanol–water partition coefficient (Wildman–Crippen LogP) is 2.47. The van der Waals surface area contributed by atoms with Crippen molar-refractivity contribution in [3.8, 4) is 5.69 Å². The van der Waals surface area contributed by atoms with Gasteiger partial charge in [-0.1, -0.05) is 18.2 Å². The SMILES string of the molecule is Cc1nn(-c2ccccc2)c(C)c1C(=O)NNC(=O)c1ccoc1C. The average Bonchev–Trinajstić information content (AvgIpc) is 3.16. The lowest BCUT2D eigenvalue weighted by Crippen LogP contribution is -2.42. The molecule has 2 N–H and O–H groups in total. The predicted molar refractivity (Wildman–Crippen MR) is 91.4 cm³/mol. The van der Waals surface area contributed by atoms with Crippen LogP contribution in [0.1, 0.15) is 37.9 Å². The summed E-state index contributed by atoms with van der Waals surface area (Å²) < 4.78 is 6.78. The van der Waals surface area contributed by atoms with E-state index < -0.39 is 11.8 Å². The molecule has 0 saturated heterocycles. The maximum atomic E-state index is 12.5. The molecule has 3 rings (SSSR count). The van der Waals surface area contributed by atoms with Crippen LogP contribution in [0.2, 0.25) is 0 Å². The van der Waals surface area contributed by atoms with Crippen molar-refractivity contribution in [3.05, 3.63) is 70.9 Å². The van der Waals surface area contributed by atoms with Crippen LogP contribution in [-0.2, 0) is 0 Å². The van der Waals surface area contributed by atoms with Gasteiger partial charge in [-0.2, -0.15) is 5.10 Å². The Kier molecular flexibility index (Phi) is 4.38. The normalized spacial score (nSPS) is 10.5. The van der Waals surface area contributed by atoms with Gasteiger partial charge in [0.15, 0.2) is 0 Å². The van der Waals surface area contributed by atoms with Gasteiger partial charge in [-0.25, -0.2) is 4.68 Å². The fourth-order valence-corrected chi connectivity index (χ4v) is 2.66. The third kappa shape index (κ3) is 3.16. The number of rotatable bonds is 3. The summed E-state index contributed by atoms with van der Waals surface area (Å²) in [7, 11) is 0. The molecule has 2 aromatic heterocycles. The van der Waals surface area contributed by atoms with Crippen LogP contribution in [0.3, 0.4) is 0 Å². The quantitative estimate of drug-likeness (QED) is 0.718. The van der Waals surface area contributed by atoms with Crippen molar-refractivity contribution in [3.63, 3.8) is 0 Å². The number of nitrogens with zero attached hydrogens (tertiary/aromatic N) is 2. The fourth-order valence-electron chi connectivity index (χ4n) is 2.66. The van der Waals surface area contributed by atoms with Crippen LogP contribution in [0, 0.1) is 20.8 Å². The zero-order valence-corrected chi connectivity index (χ0v) is 14.2. The highest BCUT2D eigenvalue weighted by atomic mass is 16.3. The van der Waals surface area contributed by atoms with E-state index in [1.807, 2.05) is 37.3 Å². The fraction of sp³-hybridized carbons (Fsp3) is 0.167. The molecule has 0 aliphatic rings. The Labute approximate surface area is 144 Å². The van der Waals surface area contributed by atoms with Gasteiger partial charge in [0.25, 0.3) is 11.8 Å². The Hall–Kier alpha value is -3.35. The molecule has 2 amide bonds. The van der Waals surface area contributed by atoms with Gasteiger partial charge in [0.1, 0.15) is 5.76 Å². The molecule has 0 fully saturated rings. The Bertz CT molecular complexity index is 925. The van der Waals surface area contributed by atoms with E-state index in [-0.39, 0.29) is 0 Å². The van der Waals surface area contributed by atoms with E-state index in [0.717, 1.165) is 5.69 Å². The highest BCUT2D eigenvalue weighted by Crippen LogP contribution is 2.17. The lowest BCUT2D eigenvalue weighted by molar-refractivity contribution is 0.0845. The van der Waals surface area contributed by atoms with E-state index in [1.165, 1.54) is 6.26 Å². The Morgan fingerprint density at radius 3 is 2.32 bits per heavy atom. The highest BCUT2D eigenvalue weighted by molar-refractivity contribution is 6.00. The summed E-state index contributed by atoms with van der Waals surface area (Å²) in [5, 5.41) is 4.42. The summed E-state index contributed by atoms with van der Waals surface area (Å²) in [4.78, 5) is 24.5. The Morgan fingerprint density at radius 1 is 1.00 bits per heavy atom.